The van der Waals surface area contributed by atoms with Crippen molar-refractivity contribution in [1.29, 1.82) is 0 Å². The van der Waals surface area contributed by atoms with Gasteiger partial charge in [0.25, 0.3) is 5.56 Å². The van der Waals surface area contributed by atoms with Crippen molar-refractivity contribution in [2.45, 2.75) is 46.1 Å². The van der Waals surface area contributed by atoms with Crippen molar-refractivity contribution in [3.63, 3.8) is 0 Å². The Labute approximate surface area is 89.0 Å². The van der Waals surface area contributed by atoms with Crippen LogP contribution in [0.15, 0.2) is 15.7 Å². The maximum absolute atomic E-state index is 11.8. The molecule has 1 aromatic heterocycles. The van der Waals surface area contributed by atoms with E-state index in [1.165, 1.54) is 10.6 Å². The van der Waals surface area contributed by atoms with E-state index < -0.39 is 5.54 Å². The van der Waals surface area contributed by atoms with Gasteiger partial charge in [-0.1, -0.05) is 13.8 Å². The minimum atomic E-state index is -0.486. The molecule has 0 aliphatic carbocycles. The van der Waals surface area contributed by atoms with E-state index in [1.54, 1.807) is 0 Å². The summed E-state index contributed by atoms with van der Waals surface area (Å²) in [6.45, 7) is 9.37. The van der Waals surface area contributed by atoms with E-state index in [1.807, 2.05) is 34.6 Å². The van der Waals surface area contributed by atoms with E-state index in [0.29, 0.717) is 5.69 Å². The first-order chi connectivity index (χ1) is 6.73. The molecule has 1 aromatic rings. The van der Waals surface area contributed by atoms with Crippen LogP contribution in [0.5, 0.6) is 0 Å². The maximum Gasteiger partial charge on any atom is 0.329 e. The van der Waals surface area contributed by atoms with Gasteiger partial charge in [-0.25, -0.2) is 4.79 Å². The van der Waals surface area contributed by atoms with E-state index in [2.05, 4.69) is 4.98 Å². The van der Waals surface area contributed by atoms with E-state index in [4.69, 9.17) is 0 Å². The van der Waals surface area contributed by atoms with E-state index in [-0.39, 0.29) is 17.2 Å². The minimum absolute atomic E-state index is 0.153. The van der Waals surface area contributed by atoms with Gasteiger partial charge in [0.15, 0.2) is 0 Å². The van der Waals surface area contributed by atoms with Crippen molar-refractivity contribution in [3.05, 3.63) is 32.6 Å². The fourth-order valence-electron chi connectivity index (χ4n) is 1.46. The molecule has 1 heterocycles. The monoisotopic (exact) mass is 210 g/mol. The molecule has 84 valence electrons. The maximum atomic E-state index is 11.8. The Hall–Kier alpha value is -1.32. The van der Waals surface area contributed by atoms with Crippen molar-refractivity contribution in [2.24, 2.45) is 0 Å². The van der Waals surface area contributed by atoms with Crippen LogP contribution in [0.3, 0.4) is 0 Å². The summed E-state index contributed by atoms with van der Waals surface area (Å²) >= 11 is 0. The van der Waals surface area contributed by atoms with Gasteiger partial charge in [0.2, 0.25) is 0 Å². The standard InChI is InChI=1S/C11H18N2O2/c1-7(2)8-6-9(14)13(10(15)12-8)11(3,4)5/h6-7H,1-5H3,(H,12,15). The number of rotatable bonds is 1. The van der Waals surface area contributed by atoms with Crippen LogP contribution in [0.2, 0.25) is 0 Å². The second-order valence-corrected chi connectivity index (χ2v) is 5.03. The number of aromatic nitrogens is 2. The molecule has 0 aromatic carbocycles. The molecule has 0 amide bonds. The van der Waals surface area contributed by atoms with Crippen LogP contribution in [0, 0.1) is 0 Å². The quantitative estimate of drug-likeness (QED) is 0.762. The van der Waals surface area contributed by atoms with Gasteiger partial charge in [-0.15, -0.1) is 0 Å². The molecule has 1 N–H and O–H groups in total. The third kappa shape index (κ3) is 2.37. The number of hydrogen-bond acceptors (Lipinski definition) is 2. The number of hydrogen-bond donors (Lipinski definition) is 1. The fraction of sp³-hybridized carbons (Fsp3) is 0.636. The van der Waals surface area contributed by atoms with Crippen molar-refractivity contribution >= 4 is 0 Å². The number of H-pyrrole nitrogens is 1. The van der Waals surface area contributed by atoms with Gasteiger partial charge in [-0.3, -0.25) is 9.36 Å². The second kappa shape index (κ2) is 3.68. The highest BCUT2D eigenvalue weighted by Gasteiger charge is 2.18. The Kier molecular flexibility index (Phi) is 2.88. The largest absolute Gasteiger partial charge is 0.329 e. The Morgan fingerprint density at radius 1 is 1.27 bits per heavy atom. The summed E-state index contributed by atoms with van der Waals surface area (Å²) in [6.07, 6.45) is 0. The van der Waals surface area contributed by atoms with Crippen LogP contribution in [-0.2, 0) is 5.54 Å². The molecular weight excluding hydrogens is 192 g/mol. The van der Waals surface area contributed by atoms with Gasteiger partial charge in [0, 0.05) is 17.3 Å². The van der Waals surface area contributed by atoms with Gasteiger partial charge in [0.1, 0.15) is 0 Å². The minimum Gasteiger partial charge on any atom is -0.311 e. The molecule has 0 aliphatic heterocycles. The molecule has 0 radical (unpaired) electrons. The zero-order valence-corrected chi connectivity index (χ0v) is 9.92. The first-order valence-corrected chi connectivity index (χ1v) is 5.10. The van der Waals surface area contributed by atoms with Crippen LogP contribution < -0.4 is 11.2 Å². The van der Waals surface area contributed by atoms with Crippen LogP contribution in [0.25, 0.3) is 0 Å². The smallest absolute Gasteiger partial charge is 0.311 e. The molecule has 15 heavy (non-hydrogen) atoms. The summed E-state index contributed by atoms with van der Waals surface area (Å²) in [5.41, 5.74) is -0.376. The predicted octanol–water partition coefficient (Wildman–Crippen LogP) is 1.42. The molecule has 4 heteroatoms. The first-order valence-electron chi connectivity index (χ1n) is 5.10. The normalized spacial score (nSPS) is 12.1. The number of nitrogens with zero attached hydrogens (tertiary/aromatic N) is 1. The lowest BCUT2D eigenvalue weighted by Gasteiger charge is -2.21. The van der Waals surface area contributed by atoms with Gasteiger partial charge in [-0.2, -0.15) is 0 Å². The second-order valence-electron chi connectivity index (χ2n) is 5.03. The van der Waals surface area contributed by atoms with E-state index >= 15 is 0 Å². The zero-order chi connectivity index (χ0) is 11.8. The number of aromatic amines is 1. The third-order valence-corrected chi connectivity index (χ3v) is 2.25. The summed E-state index contributed by atoms with van der Waals surface area (Å²) in [5, 5.41) is 0. The summed E-state index contributed by atoms with van der Waals surface area (Å²) < 4.78 is 1.23. The lowest BCUT2D eigenvalue weighted by Crippen LogP contribution is -2.44. The molecule has 0 saturated heterocycles. The average Bonchev–Trinajstić information content (AvgIpc) is 1.99. The highest BCUT2D eigenvalue weighted by atomic mass is 16.2. The van der Waals surface area contributed by atoms with Crippen molar-refractivity contribution < 1.29 is 0 Å². The van der Waals surface area contributed by atoms with Gasteiger partial charge in [-0.05, 0) is 26.7 Å². The SMILES string of the molecule is CC(C)c1cc(=O)n(C(C)(C)C)c(=O)[nH]1. The molecule has 0 unspecified atom stereocenters. The lowest BCUT2D eigenvalue weighted by atomic mass is 10.1. The highest BCUT2D eigenvalue weighted by Crippen LogP contribution is 2.10. The van der Waals surface area contributed by atoms with Gasteiger partial charge >= 0.3 is 5.69 Å². The van der Waals surface area contributed by atoms with Crippen LogP contribution in [0.1, 0.15) is 46.2 Å². The molecule has 0 aliphatic rings. The summed E-state index contributed by atoms with van der Waals surface area (Å²) in [4.78, 5) is 26.2. The molecule has 0 saturated carbocycles. The Morgan fingerprint density at radius 3 is 2.13 bits per heavy atom. The predicted molar refractivity (Wildman–Crippen MR) is 60.4 cm³/mol. The summed E-state index contributed by atoms with van der Waals surface area (Å²) in [7, 11) is 0. The van der Waals surface area contributed by atoms with Crippen LogP contribution in [0.4, 0.5) is 0 Å². The van der Waals surface area contributed by atoms with E-state index in [0.717, 1.165) is 0 Å². The van der Waals surface area contributed by atoms with Crippen LogP contribution >= 0.6 is 0 Å². The molecular formula is C11H18N2O2. The molecule has 0 spiro atoms. The molecule has 0 bridgehead atoms. The Morgan fingerprint density at radius 2 is 1.80 bits per heavy atom. The fourth-order valence-corrected chi connectivity index (χ4v) is 1.46. The topological polar surface area (TPSA) is 54.9 Å². The zero-order valence-electron chi connectivity index (χ0n) is 9.92. The Bertz CT molecular complexity index is 429. The molecule has 4 nitrogen and oxygen atoms in total. The Balaban J connectivity index is 3.49. The summed E-state index contributed by atoms with van der Waals surface area (Å²) in [6, 6.07) is 1.50. The highest BCUT2D eigenvalue weighted by molar-refractivity contribution is 5.05. The molecule has 0 fully saturated rings. The average molecular weight is 210 g/mol. The summed E-state index contributed by atoms with van der Waals surface area (Å²) in [5.74, 6) is 0.153. The van der Waals surface area contributed by atoms with Crippen molar-refractivity contribution in [3.8, 4) is 0 Å². The number of nitrogens with one attached hydrogen (secondary N) is 1. The van der Waals surface area contributed by atoms with Crippen molar-refractivity contribution in [2.75, 3.05) is 0 Å². The molecule has 0 atom stereocenters. The van der Waals surface area contributed by atoms with Crippen LogP contribution in [-0.4, -0.2) is 9.55 Å². The molecule has 1 rings (SSSR count). The first kappa shape index (κ1) is 11.8. The van der Waals surface area contributed by atoms with Crippen molar-refractivity contribution in [1.82, 2.24) is 9.55 Å². The van der Waals surface area contributed by atoms with E-state index in [9.17, 15) is 9.59 Å². The van der Waals surface area contributed by atoms with Gasteiger partial charge < -0.3 is 4.98 Å². The third-order valence-electron chi connectivity index (χ3n) is 2.25. The van der Waals surface area contributed by atoms with Gasteiger partial charge in [0.05, 0.1) is 0 Å². The lowest BCUT2D eigenvalue weighted by molar-refractivity contribution is 0.365.